The van der Waals surface area contributed by atoms with Crippen LogP contribution in [0.3, 0.4) is 0 Å². The van der Waals surface area contributed by atoms with E-state index >= 15 is 0 Å². The number of rotatable bonds is 6. The minimum Gasteiger partial charge on any atom is -0.478 e. The Labute approximate surface area is 94.7 Å². The van der Waals surface area contributed by atoms with Crippen molar-refractivity contribution in [2.24, 2.45) is 0 Å². The van der Waals surface area contributed by atoms with Crippen molar-refractivity contribution in [3.05, 3.63) is 29.3 Å². The van der Waals surface area contributed by atoms with Crippen LogP contribution in [0.5, 0.6) is 5.75 Å². The molecule has 1 N–H and O–H groups in total. The van der Waals surface area contributed by atoms with Gasteiger partial charge in [0.1, 0.15) is 0 Å². The second kappa shape index (κ2) is 6.12. The summed E-state index contributed by atoms with van der Waals surface area (Å²) < 4.78 is 0. The minimum atomic E-state index is -0.962. The summed E-state index contributed by atoms with van der Waals surface area (Å²) in [4.78, 5) is 20.9. The summed E-state index contributed by atoms with van der Waals surface area (Å²) in [5.74, 6) is -0.507. The van der Waals surface area contributed by atoms with Crippen molar-refractivity contribution in [1.29, 1.82) is 0 Å². The topological polar surface area (TPSA) is 55.8 Å². The summed E-state index contributed by atoms with van der Waals surface area (Å²) in [6.07, 6.45) is 1.94. The van der Waals surface area contributed by atoms with Crippen molar-refractivity contribution < 1.29 is 19.7 Å². The third-order valence-corrected chi connectivity index (χ3v) is 2.24. The summed E-state index contributed by atoms with van der Waals surface area (Å²) in [5.41, 5.74) is 0.808. The molecule has 0 aliphatic rings. The van der Waals surface area contributed by atoms with E-state index in [1.54, 1.807) is 19.1 Å². The number of hydrogen-bond donors (Lipinski definition) is 1. The summed E-state index contributed by atoms with van der Waals surface area (Å²) in [6.45, 7) is 4.26. The number of hydrogen-bond acceptors (Lipinski definition) is 3. The minimum absolute atomic E-state index is 0.233. The molecule has 0 fully saturated rings. The molecule has 0 amide bonds. The van der Waals surface area contributed by atoms with Gasteiger partial charge in [-0.15, -0.1) is 0 Å². The predicted molar refractivity (Wildman–Crippen MR) is 59.6 cm³/mol. The second-order valence-corrected chi connectivity index (χ2v) is 3.49. The van der Waals surface area contributed by atoms with Crippen LogP contribution in [0.1, 0.15) is 35.7 Å². The van der Waals surface area contributed by atoms with Crippen molar-refractivity contribution in [1.82, 2.24) is 0 Å². The highest BCUT2D eigenvalue weighted by Gasteiger charge is 2.11. The lowest BCUT2D eigenvalue weighted by molar-refractivity contribution is -0.207. The van der Waals surface area contributed by atoms with Gasteiger partial charge in [0.05, 0.1) is 12.2 Å². The van der Waals surface area contributed by atoms with Crippen molar-refractivity contribution in [2.75, 3.05) is 6.61 Å². The van der Waals surface area contributed by atoms with Gasteiger partial charge in [0.15, 0.2) is 5.75 Å². The van der Waals surface area contributed by atoms with Gasteiger partial charge in [-0.05, 0) is 25.5 Å². The van der Waals surface area contributed by atoms with E-state index in [0.717, 1.165) is 12.8 Å². The first-order chi connectivity index (χ1) is 7.66. The van der Waals surface area contributed by atoms with Gasteiger partial charge in [0, 0.05) is 5.56 Å². The molecule has 1 aromatic carbocycles. The molecule has 0 saturated carbocycles. The van der Waals surface area contributed by atoms with Gasteiger partial charge in [0.25, 0.3) is 0 Å². The molecular weight excluding hydrogens is 208 g/mol. The van der Waals surface area contributed by atoms with Crippen molar-refractivity contribution >= 4 is 5.97 Å². The molecule has 0 spiro atoms. The summed E-state index contributed by atoms with van der Waals surface area (Å²) >= 11 is 0. The Balaban J connectivity index is 2.66. The molecule has 1 aromatic rings. The molecule has 88 valence electrons. The average Bonchev–Trinajstić information content (AvgIpc) is 2.26. The highest BCUT2D eigenvalue weighted by Crippen LogP contribution is 2.21. The zero-order chi connectivity index (χ0) is 12.0. The molecule has 0 aliphatic heterocycles. The van der Waals surface area contributed by atoms with E-state index in [0.29, 0.717) is 17.9 Å². The van der Waals surface area contributed by atoms with Crippen LogP contribution in [-0.4, -0.2) is 17.7 Å². The third-order valence-electron chi connectivity index (χ3n) is 2.24. The Morgan fingerprint density at radius 2 is 2.19 bits per heavy atom. The van der Waals surface area contributed by atoms with E-state index in [9.17, 15) is 4.79 Å². The van der Waals surface area contributed by atoms with Gasteiger partial charge in [-0.2, -0.15) is 4.89 Å². The standard InChI is InChI=1S/C12H16O4/c1-3-4-8-15-16-11-7-5-6-10(9(11)2)12(13)14/h5-7H,3-4,8H2,1-2H3,(H,13,14). The van der Waals surface area contributed by atoms with E-state index in [2.05, 4.69) is 6.92 Å². The molecule has 0 saturated heterocycles. The molecule has 0 aliphatic carbocycles. The first kappa shape index (κ1) is 12.5. The molecule has 4 nitrogen and oxygen atoms in total. The number of carboxylic acid groups (broad SMARTS) is 1. The molecule has 1 rings (SSSR count). The van der Waals surface area contributed by atoms with Gasteiger partial charge in [-0.25, -0.2) is 4.79 Å². The zero-order valence-corrected chi connectivity index (χ0v) is 9.53. The number of aromatic carboxylic acids is 1. The summed E-state index contributed by atoms with van der Waals surface area (Å²) in [7, 11) is 0. The van der Waals surface area contributed by atoms with Crippen LogP contribution in [-0.2, 0) is 4.89 Å². The van der Waals surface area contributed by atoms with Gasteiger partial charge < -0.3 is 9.99 Å². The van der Waals surface area contributed by atoms with E-state index < -0.39 is 5.97 Å². The van der Waals surface area contributed by atoms with Gasteiger partial charge in [-0.3, -0.25) is 0 Å². The monoisotopic (exact) mass is 224 g/mol. The lowest BCUT2D eigenvalue weighted by atomic mass is 10.1. The lowest BCUT2D eigenvalue weighted by Crippen LogP contribution is -2.04. The molecule has 0 unspecified atom stereocenters. The maximum Gasteiger partial charge on any atom is 0.336 e. The van der Waals surface area contributed by atoms with Crippen LogP contribution in [0.2, 0.25) is 0 Å². The normalized spacial score (nSPS) is 10.1. The molecule has 16 heavy (non-hydrogen) atoms. The van der Waals surface area contributed by atoms with Crippen molar-refractivity contribution in [2.45, 2.75) is 26.7 Å². The van der Waals surface area contributed by atoms with E-state index in [1.165, 1.54) is 6.07 Å². The first-order valence-corrected chi connectivity index (χ1v) is 5.29. The number of carbonyl (C=O) groups is 1. The quantitative estimate of drug-likeness (QED) is 0.458. The van der Waals surface area contributed by atoms with E-state index in [4.69, 9.17) is 14.9 Å². The Kier molecular flexibility index (Phi) is 4.79. The fourth-order valence-corrected chi connectivity index (χ4v) is 1.24. The molecule has 0 radical (unpaired) electrons. The molecule has 4 heteroatoms. The van der Waals surface area contributed by atoms with Gasteiger partial charge in [0.2, 0.25) is 0 Å². The largest absolute Gasteiger partial charge is 0.478 e. The fraction of sp³-hybridized carbons (Fsp3) is 0.417. The highest BCUT2D eigenvalue weighted by atomic mass is 17.2. The van der Waals surface area contributed by atoms with Crippen LogP contribution >= 0.6 is 0 Å². The highest BCUT2D eigenvalue weighted by molar-refractivity contribution is 5.90. The fourth-order valence-electron chi connectivity index (χ4n) is 1.24. The van der Waals surface area contributed by atoms with Crippen LogP contribution in [0.15, 0.2) is 18.2 Å². The molecular formula is C12H16O4. The third kappa shape index (κ3) is 3.24. The molecule has 0 atom stereocenters. The van der Waals surface area contributed by atoms with Crippen LogP contribution in [0.25, 0.3) is 0 Å². The van der Waals surface area contributed by atoms with E-state index in [1.807, 2.05) is 0 Å². The summed E-state index contributed by atoms with van der Waals surface area (Å²) in [5, 5.41) is 8.90. The number of unbranched alkanes of at least 4 members (excludes halogenated alkanes) is 1. The van der Waals surface area contributed by atoms with Crippen LogP contribution < -0.4 is 4.89 Å². The Bertz CT molecular complexity index is 360. The Hall–Kier alpha value is -1.55. The maximum atomic E-state index is 10.9. The Morgan fingerprint density at radius 3 is 2.81 bits per heavy atom. The SMILES string of the molecule is CCCCOOc1cccc(C(=O)O)c1C. The van der Waals surface area contributed by atoms with Gasteiger partial charge >= 0.3 is 5.97 Å². The number of carboxylic acids is 1. The number of benzene rings is 1. The Morgan fingerprint density at radius 1 is 1.44 bits per heavy atom. The van der Waals surface area contributed by atoms with Gasteiger partial charge in [-0.1, -0.05) is 19.4 Å². The van der Waals surface area contributed by atoms with Crippen LogP contribution in [0, 0.1) is 6.92 Å². The summed E-state index contributed by atoms with van der Waals surface area (Å²) in [6, 6.07) is 4.86. The smallest absolute Gasteiger partial charge is 0.336 e. The van der Waals surface area contributed by atoms with E-state index in [-0.39, 0.29) is 5.56 Å². The molecule has 0 bridgehead atoms. The second-order valence-electron chi connectivity index (χ2n) is 3.49. The van der Waals surface area contributed by atoms with Crippen LogP contribution in [0.4, 0.5) is 0 Å². The lowest BCUT2D eigenvalue weighted by Gasteiger charge is -2.08. The van der Waals surface area contributed by atoms with Crippen molar-refractivity contribution in [3.63, 3.8) is 0 Å². The van der Waals surface area contributed by atoms with Crippen molar-refractivity contribution in [3.8, 4) is 5.75 Å². The predicted octanol–water partition coefficient (Wildman–Crippen LogP) is 2.80. The maximum absolute atomic E-state index is 10.9. The zero-order valence-electron chi connectivity index (χ0n) is 9.53. The molecule has 0 heterocycles. The molecule has 0 aromatic heterocycles. The first-order valence-electron chi connectivity index (χ1n) is 5.29. The average molecular weight is 224 g/mol.